The van der Waals surface area contributed by atoms with Gasteiger partial charge in [-0.3, -0.25) is 9.59 Å². The molecule has 2 aromatic rings. The molecule has 8 nitrogen and oxygen atoms in total. The van der Waals surface area contributed by atoms with Crippen molar-refractivity contribution in [2.45, 2.75) is 57.2 Å². The molecule has 200 valence electrons. The van der Waals surface area contributed by atoms with E-state index in [9.17, 15) is 19.8 Å². The summed E-state index contributed by atoms with van der Waals surface area (Å²) in [6, 6.07) is 15.1. The molecule has 2 aromatic carbocycles. The molecule has 37 heavy (non-hydrogen) atoms. The summed E-state index contributed by atoms with van der Waals surface area (Å²) in [6.45, 7) is 1.38. The highest BCUT2D eigenvalue weighted by Crippen LogP contribution is 2.37. The number of fused-ring (bicyclic) bond motifs is 1. The molecule has 2 heterocycles. The lowest BCUT2D eigenvalue weighted by Crippen LogP contribution is -2.50. The summed E-state index contributed by atoms with van der Waals surface area (Å²) < 4.78 is 11.1. The quantitative estimate of drug-likeness (QED) is 0.571. The molecule has 0 unspecified atom stereocenters. The zero-order valence-corrected chi connectivity index (χ0v) is 21.5. The number of nitrogens with zero attached hydrogens (tertiary/aromatic N) is 1. The number of hydrogen-bond acceptors (Lipinski definition) is 6. The number of carbonyl (C=O) groups excluding carboxylic acids is 2. The number of hydrogen-bond donors (Lipinski definition) is 3. The number of likely N-dealkylation sites (tertiary alicyclic amines) is 1. The Hall–Kier alpha value is -3.10. The van der Waals surface area contributed by atoms with Crippen molar-refractivity contribution in [3.8, 4) is 11.5 Å². The molecule has 0 saturated carbocycles. The van der Waals surface area contributed by atoms with Gasteiger partial charge < -0.3 is 29.9 Å². The van der Waals surface area contributed by atoms with Crippen molar-refractivity contribution in [1.29, 1.82) is 0 Å². The van der Waals surface area contributed by atoms with E-state index in [1.54, 1.807) is 13.2 Å². The van der Waals surface area contributed by atoms with Crippen LogP contribution in [-0.4, -0.2) is 72.5 Å². The van der Waals surface area contributed by atoms with Gasteiger partial charge in [-0.05, 0) is 60.8 Å². The second kappa shape index (κ2) is 12.4. The van der Waals surface area contributed by atoms with Crippen LogP contribution in [-0.2, 0) is 22.4 Å². The van der Waals surface area contributed by atoms with Gasteiger partial charge in [0, 0.05) is 32.5 Å². The Bertz CT molecular complexity index is 1070. The van der Waals surface area contributed by atoms with E-state index in [0.29, 0.717) is 51.1 Å². The molecule has 0 radical (unpaired) electrons. The van der Waals surface area contributed by atoms with E-state index in [0.717, 1.165) is 29.7 Å². The average molecular weight is 511 g/mol. The minimum absolute atomic E-state index is 0.109. The maximum Gasteiger partial charge on any atom is 0.257 e. The molecule has 0 bridgehead atoms. The fourth-order valence-electron chi connectivity index (χ4n) is 5.42. The second-order valence-electron chi connectivity index (χ2n) is 10.3. The fourth-order valence-corrected chi connectivity index (χ4v) is 5.42. The Kier molecular flexibility index (Phi) is 9.05. The molecule has 3 N–H and O–H groups in total. The molecule has 0 aromatic heterocycles. The largest absolute Gasteiger partial charge is 0.496 e. The maximum atomic E-state index is 12.9. The first-order chi connectivity index (χ1) is 17.9. The van der Waals surface area contributed by atoms with Gasteiger partial charge in [-0.25, -0.2) is 0 Å². The van der Waals surface area contributed by atoms with E-state index < -0.39 is 17.6 Å². The van der Waals surface area contributed by atoms with Crippen molar-refractivity contribution >= 4 is 11.8 Å². The number of carbonyl (C=O) groups is 2. The number of aliphatic hydroxyl groups excluding tert-OH is 2. The number of aliphatic hydroxyl groups is 2. The standard InChI is InChI=1S/C29H38N2O6/c1-36-25-10-4-2-7-21(25)9-6-12-28(35)31-15-13-29(14-16-31)18-24(33)23(32)17-22-8-3-5-11-26(22)37-19-27(34)30-20-29/h2-5,7-8,10-11,23-24,32-33H,6,9,12-20H2,1H3,(H,30,34)/t23-,24+/m0/s1. The summed E-state index contributed by atoms with van der Waals surface area (Å²) in [4.78, 5) is 27.3. The van der Waals surface area contributed by atoms with Crippen molar-refractivity contribution in [3.63, 3.8) is 0 Å². The van der Waals surface area contributed by atoms with Crippen LogP contribution in [0.5, 0.6) is 11.5 Å². The van der Waals surface area contributed by atoms with Crippen LogP contribution in [0.4, 0.5) is 0 Å². The smallest absolute Gasteiger partial charge is 0.257 e. The first-order valence-corrected chi connectivity index (χ1v) is 13.1. The minimum Gasteiger partial charge on any atom is -0.496 e. The van der Waals surface area contributed by atoms with Gasteiger partial charge in [0.25, 0.3) is 5.91 Å². The third-order valence-corrected chi connectivity index (χ3v) is 7.71. The number of methoxy groups -OCH3 is 1. The second-order valence-corrected chi connectivity index (χ2v) is 10.3. The molecule has 2 aliphatic heterocycles. The summed E-state index contributed by atoms with van der Waals surface area (Å²) in [6.07, 6.45) is 1.95. The number of nitrogens with one attached hydrogen (secondary N) is 1. The normalized spacial score (nSPS) is 22.1. The number of piperidine rings is 1. The van der Waals surface area contributed by atoms with Crippen LogP contribution < -0.4 is 14.8 Å². The van der Waals surface area contributed by atoms with Crippen LogP contribution >= 0.6 is 0 Å². The van der Waals surface area contributed by atoms with Crippen LogP contribution in [0, 0.1) is 5.41 Å². The van der Waals surface area contributed by atoms with Gasteiger partial charge in [0.1, 0.15) is 11.5 Å². The molecule has 1 saturated heterocycles. The summed E-state index contributed by atoms with van der Waals surface area (Å²) in [7, 11) is 1.65. The molecule has 2 aliphatic rings. The SMILES string of the molecule is COc1ccccc1CCCC(=O)N1CCC2(CC1)CNC(=O)COc1ccccc1C[C@H](O)[C@H](O)C2. The molecule has 1 spiro atoms. The van der Waals surface area contributed by atoms with Crippen LogP contribution in [0.1, 0.15) is 43.2 Å². The average Bonchev–Trinajstić information content (AvgIpc) is 2.91. The number of ether oxygens (including phenoxy) is 2. The van der Waals surface area contributed by atoms with Crippen molar-refractivity contribution in [2.75, 3.05) is 33.4 Å². The van der Waals surface area contributed by atoms with Crippen molar-refractivity contribution in [1.82, 2.24) is 10.2 Å². The maximum absolute atomic E-state index is 12.9. The van der Waals surface area contributed by atoms with Crippen LogP contribution in [0.15, 0.2) is 48.5 Å². The Labute approximate surface area is 218 Å². The Morgan fingerprint density at radius 1 is 1.11 bits per heavy atom. The highest BCUT2D eigenvalue weighted by Gasteiger charge is 2.39. The molecule has 2 amide bonds. The lowest BCUT2D eigenvalue weighted by Gasteiger charge is -2.43. The Morgan fingerprint density at radius 2 is 1.84 bits per heavy atom. The van der Waals surface area contributed by atoms with Gasteiger partial charge in [0.15, 0.2) is 6.61 Å². The highest BCUT2D eigenvalue weighted by atomic mass is 16.5. The highest BCUT2D eigenvalue weighted by molar-refractivity contribution is 5.78. The summed E-state index contributed by atoms with van der Waals surface area (Å²) in [5, 5.41) is 24.7. The Balaban J connectivity index is 1.35. The predicted octanol–water partition coefficient (Wildman–Crippen LogP) is 2.49. The molecule has 0 aliphatic carbocycles. The predicted molar refractivity (Wildman–Crippen MR) is 139 cm³/mol. The first-order valence-electron chi connectivity index (χ1n) is 13.1. The zero-order chi connectivity index (χ0) is 26.3. The molecular formula is C29H38N2O6. The van der Waals surface area contributed by atoms with E-state index in [1.807, 2.05) is 47.4 Å². The molecule has 2 atom stereocenters. The number of rotatable bonds is 5. The van der Waals surface area contributed by atoms with Gasteiger partial charge in [0.2, 0.25) is 5.91 Å². The molecule has 4 rings (SSSR count). The number of amides is 2. The number of para-hydroxylation sites is 2. The monoisotopic (exact) mass is 510 g/mol. The van der Waals surface area contributed by atoms with E-state index in [-0.39, 0.29) is 24.8 Å². The van der Waals surface area contributed by atoms with E-state index in [2.05, 4.69) is 5.32 Å². The lowest BCUT2D eigenvalue weighted by molar-refractivity contribution is -0.135. The van der Waals surface area contributed by atoms with Crippen LogP contribution in [0.25, 0.3) is 0 Å². The van der Waals surface area contributed by atoms with E-state index in [4.69, 9.17) is 9.47 Å². The van der Waals surface area contributed by atoms with Crippen LogP contribution in [0.3, 0.4) is 0 Å². The van der Waals surface area contributed by atoms with Crippen molar-refractivity contribution in [2.24, 2.45) is 5.41 Å². The summed E-state index contributed by atoms with van der Waals surface area (Å²) >= 11 is 0. The van der Waals surface area contributed by atoms with Gasteiger partial charge in [0.05, 0.1) is 19.3 Å². The van der Waals surface area contributed by atoms with Gasteiger partial charge >= 0.3 is 0 Å². The van der Waals surface area contributed by atoms with Gasteiger partial charge in [-0.15, -0.1) is 0 Å². The summed E-state index contributed by atoms with van der Waals surface area (Å²) in [5.41, 5.74) is 1.45. The lowest BCUT2D eigenvalue weighted by atomic mass is 9.73. The molecule has 1 fully saturated rings. The van der Waals surface area contributed by atoms with Crippen molar-refractivity contribution in [3.05, 3.63) is 59.7 Å². The fraction of sp³-hybridized carbons (Fsp3) is 0.517. The molecule has 8 heteroatoms. The zero-order valence-electron chi connectivity index (χ0n) is 21.5. The first kappa shape index (κ1) is 26.9. The minimum atomic E-state index is -0.952. The number of benzene rings is 2. The van der Waals surface area contributed by atoms with E-state index in [1.165, 1.54) is 0 Å². The van der Waals surface area contributed by atoms with Gasteiger partial charge in [-0.2, -0.15) is 0 Å². The molecular weight excluding hydrogens is 472 g/mol. The summed E-state index contributed by atoms with van der Waals surface area (Å²) in [5.74, 6) is 1.28. The van der Waals surface area contributed by atoms with Crippen LogP contribution in [0.2, 0.25) is 0 Å². The number of aryl methyl sites for hydroxylation is 1. The Morgan fingerprint density at radius 3 is 2.62 bits per heavy atom. The topological polar surface area (TPSA) is 108 Å². The third kappa shape index (κ3) is 7.02. The van der Waals surface area contributed by atoms with Gasteiger partial charge in [-0.1, -0.05) is 36.4 Å². The third-order valence-electron chi connectivity index (χ3n) is 7.71. The van der Waals surface area contributed by atoms with Crippen molar-refractivity contribution < 1.29 is 29.3 Å². The van der Waals surface area contributed by atoms with E-state index >= 15 is 0 Å².